The third-order valence-corrected chi connectivity index (χ3v) is 2.68. The van der Waals surface area contributed by atoms with E-state index in [9.17, 15) is 0 Å². The van der Waals surface area contributed by atoms with Gasteiger partial charge in [-0.15, -0.1) is 0 Å². The lowest BCUT2D eigenvalue weighted by Crippen LogP contribution is -1.95. The second-order valence-electron chi connectivity index (χ2n) is 3.69. The van der Waals surface area contributed by atoms with Gasteiger partial charge in [0.2, 0.25) is 0 Å². The Morgan fingerprint density at radius 2 is 1.83 bits per heavy atom. The summed E-state index contributed by atoms with van der Waals surface area (Å²) in [5.41, 5.74) is 1.58. The van der Waals surface area contributed by atoms with Crippen LogP contribution < -0.4 is 9.47 Å². The smallest absolute Gasteiger partial charge is 0.133 e. The summed E-state index contributed by atoms with van der Waals surface area (Å²) < 4.78 is 10.5. The van der Waals surface area contributed by atoms with Gasteiger partial charge in [-0.1, -0.05) is 11.6 Å². The Morgan fingerprint density at radius 1 is 1.06 bits per heavy atom. The highest BCUT2D eigenvalue weighted by atomic mass is 35.5. The van der Waals surface area contributed by atoms with Crippen LogP contribution in [0.25, 0.3) is 11.3 Å². The van der Waals surface area contributed by atoms with Crippen LogP contribution in [-0.2, 0) is 0 Å². The molecule has 5 heteroatoms. The van der Waals surface area contributed by atoms with Crippen molar-refractivity contribution < 1.29 is 9.47 Å². The maximum Gasteiger partial charge on any atom is 0.133 e. The fourth-order valence-corrected chi connectivity index (χ4v) is 1.91. The number of rotatable bonds is 3. The molecule has 0 aliphatic rings. The summed E-state index contributed by atoms with van der Waals surface area (Å²) in [6.07, 6.45) is 0. The van der Waals surface area contributed by atoms with Crippen molar-refractivity contribution >= 4 is 11.6 Å². The molecule has 0 fully saturated rings. The van der Waals surface area contributed by atoms with Crippen molar-refractivity contribution in [2.45, 2.75) is 6.92 Å². The van der Waals surface area contributed by atoms with Gasteiger partial charge in [0, 0.05) is 17.7 Å². The third-order valence-electron chi connectivity index (χ3n) is 2.49. The Bertz CT molecular complexity index is 553. The molecule has 0 bridgehead atoms. The van der Waals surface area contributed by atoms with Crippen molar-refractivity contribution in [3.05, 3.63) is 35.2 Å². The molecule has 0 atom stereocenters. The highest BCUT2D eigenvalue weighted by Crippen LogP contribution is 2.32. The average molecular weight is 265 g/mol. The summed E-state index contributed by atoms with van der Waals surface area (Å²) in [4.78, 5) is 8.39. The van der Waals surface area contributed by atoms with Crippen molar-refractivity contribution in [1.29, 1.82) is 0 Å². The van der Waals surface area contributed by atoms with Crippen LogP contribution in [0.1, 0.15) is 5.82 Å². The van der Waals surface area contributed by atoms with E-state index in [1.165, 1.54) is 0 Å². The second kappa shape index (κ2) is 5.23. The van der Waals surface area contributed by atoms with Crippen LogP contribution in [0.5, 0.6) is 11.5 Å². The molecule has 1 aromatic carbocycles. The molecule has 0 unspecified atom stereocenters. The minimum atomic E-state index is 0.412. The summed E-state index contributed by atoms with van der Waals surface area (Å²) in [5.74, 6) is 2.03. The molecule has 1 aromatic heterocycles. The lowest BCUT2D eigenvalue weighted by molar-refractivity contribution is 0.395. The molecular formula is C13H13ClN2O2. The van der Waals surface area contributed by atoms with E-state index in [4.69, 9.17) is 21.1 Å². The Hall–Kier alpha value is -1.81. The number of methoxy groups -OCH3 is 2. The molecule has 0 saturated carbocycles. The highest BCUT2D eigenvalue weighted by molar-refractivity contribution is 6.29. The minimum Gasteiger partial charge on any atom is -0.497 e. The Kier molecular flexibility index (Phi) is 3.67. The SMILES string of the molecule is COc1ccc(-c2cc(Cl)nc(C)n2)c(OC)c1. The van der Waals surface area contributed by atoms with E-state index in [1.54, 1.807) is 33.3 Å². The lowest BCUT2D eigenvalue weighted by Gasteiger charge is -2.10. The Morgan fingerprint density at radius 3 is 2.44 bits per heavy atom. The fraction of sp³-hybridized carbons (Fsp3) is 0.231. The van der Waals surface area contributed by atoms with Gasteiger partial charge >= 0.3 is 0 Å². The van der Waals surface area contributed by atoms with Gasteiger partial charge in [-0.3, -0.25) is 0 Å². The van der Waals surface area contributed by atoms with Crippen LogP contribution in [0.15, 0.2) is 24.3 Å². The van der Waals surface area contributed by atoms with Crippen molar-refractivity contribution in [3.8, 4) is 22.8 Å². The molecule has 2 rings (SSSR count). The van der Waals surface area contributed by atoms with Gasteiger partial charge in [-0.2, -0.15) is 0 Å². The minimum absolute atomic E-state index is 0.412. The van der Waals surface area contributed by atoms with Crippen LogP contribution in [0.4, 0.5) is 0 Å². The maximum atomic E-state index is 5.94. The van der Waals surface area contributed by atoms with Crippen LogP contribution in [0, 0.1) is 6.92 Å². The first-order chi connectivity index (χ1) is 8.63. The van der Waals surface area contributed by atoms with E-state index in [2.05, 4.69) is 9.97 Å². The van der Waals surface area contributed by atoms with Crippen molar-refractivity contribution in [2.24, 2.45) is 0 Å². The van der Waals surface area contributed by atoms with E-state index < -0.39 is 0 Å². The number of hydrogen-bond donors (Lipinski definition) is 0. The fourth-order valence-electron chi connectivity index (χ4n) is 1.68. The van der Waals surface area contributed by atoms with Crippen LogP contribution in [-0.4, -0.2) is 24.2 Å². The summed E-state index contributed by atoms with van der Waals surface area (Å²) >= 11 is 5.94. The molecule has 0 aliphatic heterocycles. The number of ether oxygens (including phenoxy) is 2. The predicted octanol–water partition coefficient (Wildman–Crippen LogP) is 3.12. The number of nitrogens with zero attached hydrogens (tertiary/aromatic N) is 2. The molecule has 1 heterocycles. The Labute approximate surface area is 111 Å². The van der Waals surface area contributed by atoms with Crippen molar-refractivity contribution in [2.75, 3.05) is 14.2 Å². The summed E-state index contributed by atoms with van der Waals surface area (Å²) in [5, 5.41) is 0.412. The largest absolute Gasteiger partial charge is 0.497 e. The van der Waals surface area contributed by atoms with Crippen molar-refractivity contribution in [3.63, 3.8) is 0 Å². The number of benzene rings is 1. The van der Waals surface area contributed by atoms with Crippen LogP contribution >= 0.6 is 11.6 Å². The average Bonchev–Trinajstić information content (AvgIpc) is 2.36. The van der Waals surface area contributed by atoms with E-state index in [1.807, 2.05) is 12.1 Å². The number of halogens is 1. The molecule has 0 radical (unpaired) electrons. The second-order valence-corrected chi connectivity index (χ2v) is 4.08. The normalized spacial score (nSPS) is 10.2. The van der Waals surface area contributed by atoms with E-state index in [0.29, 0.717) is 16.7 Å². The molecule has 0 amide bonds. The molecule has 4 nitrogen and oxygen atoms in total. The first-order valence-electron chi connectivity index (χ1n) is 5.37. The maximum absolute atomic E-state index is 5.94. The summed E-state index contributed by atoms with van der Waals surface area (Å²) in [6.45, 7) is 1.80. The lowest BCUT2D eigenvalue weighted by atomic mass is 10.1. The van der Waals surface area contributed by atoms with E-state index in [0.717, 1.165) is 17.0 Å². The molecule has 0 spiro atoms. The number of aryl methyl sites for hydroxylation is 1. The number of hydrogen-bond acceptors (Lipinski definition) is 4. The molecule has 0 saturated heterocycles. The van der Waals surface area contributed by atoms with Gasteiger partial charge in [-0.25, -0.2) is 9.97 Å². The van der Waals surface area contributed by atoms with Gasteiger partial charge in [0.25, 0.3) is 0 Å². The van der Waals surface area contributed by atoms with Gasteiger partial charge in [0.05, 0.1) is 19.9 Å². The quantitative estimate of drug-likeness (QED) is 0.799. The van der Waals surface area contributed by atoms with Crippen molar-refractivity contribution in [1.82, 2.24) is 9.97 Å². The first-order valence-corrected chi connectivity index (χ1v) is 5.75. The zero-order valence-electron chi connectivity index (χ0n) is 10.4. The van der Waals surface area contributed by atoms with Gasteiger partial charge in [-0.05, 0) is 19.1 Å². The van der Waals surface area contributed by atoms with Crippen LogP contribution in [0.2, 0.25) is 5.15 Å². The summed E-state index contributed by atoms with van der Waals surface area (Å²) in [7, 11) is 3.22. The number of aromatic nitrogens is 2. The zero-order valence-corrected chi connectivity index (χ0v) is 11.2. The molecule has 18 heavy (non-hydrogen) atoms. The third kappa shape index (κ3) is 2.54. The molecule has 0 aliphatic carbocycles. The zero-order chi connectivity index (χ0) is 13.1. The van der Waals surface area contributed by atoms with E-state index in [-0.39, 0.29) is 0 Å². The first kappa shape index (κ1) is 12.6. The predicted molar refractivity (Wildman–Crippen MR) is 70.3 cm³/mol. The van der Waals surface area contributed by atoms with Gasteiger partial charge in [0.1, 0.15) is 22.5 Å². The van der Waals surface area contributed by atoms with Gasteiger partial charge < -0.3 is 9.47 Å². The molecule has 0 N–H and O–H groups in total. The monoisotopic (exact) mass is 264 g/mol. The Balaban J connectivity index is 2.55. The summed E-state index contributed by atoms with van der Waals surface area (Å²) in [6, 6.07) is 7.25. The molecule has 94 valence electrons. The van der Waals surface area contributed by atoms with E-state index >= 15 is 0 Å². The standard InChI is InChI=1S/C13H13ClN2O2/c1-8-15-11(7-13(14)16-8)10-5-4-9(17-2)6-12(10)18-3/h4-7H,1-3H3. The topological polar surface area (TPSA) is 44.2 Å². The van der Waals surface area contributed by atoms with Crippen LogP contribution in [0.3, 0.4) is 0 Å². The van der Waals surface area contributed by atoms with Gasteiger partial charge in [0.15, 0.2) is 0 Å². The molecule has 2 aromatic rings. The molecular weight excluding hydrogens is 252 g/mol. The highest BCUT2D eigenvalue weighted by Gasteiger charge is 2.10.